The first kappa shape index (κ1) is 12.1. The molecule has 0 fully saturated rings. The van der Waals surface area contributed by atoms with Gasteiger partial charge in [-0.3, -0.25) is 0 Å². The zero-order valence-corrected chi connectivity index (χ0v) is 10.2. The monoisotopic (exact) mass is 263 g/mol. The largest absolute Gasteiger partial charge is 0.367 e. The molecule has 0 aliphatic carbocycles. The number of rotatable bonds is 1. The van der Waals surface area contributed by atoms with Gasteiger partial charge in [0.05, 0.1) is 0 Å². The van der Waals surface area contributed by atoms with E-state index in [-0.39, 0.29) is 5.82 Å². The van der Waals surface area contributed by atoms with Crippen molar-refractivity contribution in [3.63, 3.8) is 0 Å². The molecule has 1 aliphatic rings. The molecule has 0 amide bonds. The Balaban J connectivity index is 1.90. The summed E-state index contributed by atoms with van der Waals surface area (Å²) in [6.45, 7) is 1.22. The molecular weight excluding hydrogens is 251 g/mol. The summed E-state index contributed by atoms with van der Waals surface area (Å²) in [5.74, 6) is -1.99. The maximum atomic E-state index is 13.2. The summed E-state index contributed by atoms with van der Waals surface area (Å²) in [5, 5.41) is 0. The lowest BCUT2D eigenvalue weighted by Gasteiger charge is -2.30. The Kier molecular flexibility index (Phi) is 2.93. The van der Waals surface area contributed by atoms with Crippen LogP contribution in [0.1, 0.15) is 11.1 Å². The van der Waals surface area contributed by atoms with Gasteiger partial charge in [0.2, 0.25) is 0 Å². The third kappa shape index (κ3) is 2.30. The van der Waals surface area contributed by atoms with Crippen molar-refractivity contribution in [3.05, 3.63) is 65.0 Å². The summed E-state index contributed by atoms with van der Waals surface area (Å²) >= 11 is 0. The first-order valence-corrected chi connectivity index (χ1v) is 6.11. The minimum absolute atomic E-state index is 0.272. The van der Waals surface area contributed by atoms with E-state index in [1.54, 1.807) is 12.1 Å². The maximum absolute atomic E-state index is 13.2. The average molecular weight is 263 g/mol. The second-order valence-corrected chi connectivity index (χ2v) is 4.68. The van der Waals surface area contributed by atoms with Crippen molar-refractivity contribution in [2.24, 2.45) is 0 Å². The van der Waals surface area contributed by atoms with E-state index in [9.17, 15) is 13.2 Å². The lowest BCUT2D eigenvalue weighted by Crippen LogP contribution is -2.30. The van der Waals surface area contributed by atoms with Crippen LogP contribution < -0.4 is 4.90 Å². The minimum Gasteiger partial charge on any atom is -0.367 e. The molecule has 19 heavy (non-hydrogen) atoms. The number of halogens is 3. The lowest BCUT2D eigenvalue weighted by molar-refractivity contribution is 0.508. The topological polar surface area (TPSA) is 3.24 Å². The molecule has 0 aromatic heterocycles. The second kappa shape index (κ2) is 4.61. The molecule has 1 heterocycles. The Morgan fingerprint density at radius 2 is 1.68 bits per heavy atom. The van der Waals surface area contributed by atoms with E-state index >= 15 is 0 Å². The summed E-state index contributed by atoms with van der Waals surface area (Å²) in [6, 6.07) is 8.58. The zero-order chi connectivity index (χ0) is 13.4. The predicted octanol–water partition coefficient (Wildman–Crippen LogP) is 3.67. The summed E-state index contributed by atoms with van der Waals surface area (Å²) in [7, 11) is 0. The quantitative estimate of drug-likeness (QED) is 0.758. The zero-order valence-electron chi connectivity index (χ0n) is 10.2. The van der Waals surface area contributed by atoms with Gasteiger partial charge in [-0.05, 0) is 41.8 Å². The van der Waals surface area contributed by atoms with Gasteiger partial charge >= 0.3 is 0 Å². The van der Waals surface area contributed by atoms with Gasteiger partial charge in [-0.25, -0.2) is 13.2 Å². The Bertz CT molecular complexity index is 625. The summed E-state index contributed by atoms with van der Waals surface area (Å²) in [5.41, 5.74) is 2.63. The van der Waals surface area contributed by atoms with Crippen LogP contribution in [0.25, 0.3) is 0 Å². The van der Waals surface area contributed by atoms with E-state index in [4.69, 9.17) is 0 Å². The molecule has 0 spiro atoms. The molecule has 0 N–H and O–H groups in total. The van der Waals surface area contributed by atoms with Crippen molar-refractivity contribution >= 4 is 5.69 Å². The van der Waals surface area contributed by atoms with Gasteiger partial charge in [-0.15, -0.1) is 0 Å². The van der Waals surface area contributed by atoms with Gasteiger partial charge in [0, 0.05) is 24.8 Å². The summed E-state index contributed by atoms with van der Waals surface area (Å²) < 4.78 is 39.4. The third-order valence-electron chi connectivity index (χ3n) is 3.45. The van der Waals surface area contributed by atoms with Gasteiger partial charge in [0.1, 0.15) is 5.82 Å². The van der Waals surface area contributed by atoms with Crippen LogP contribution in [0.15, 0.2) is 36.4 Å². The molecule has 1 nitrogen and oxygen atoms in total. The van der Waals surface area contributed by atoms with Crippen molar-refractivity contribution in [2.75, 3.05) is 11.4 Å². The van der Waals surface area contributed by atoms with Crippen molar-refractivity contribution in [1.82, 2.24) is 0 Å². The lowest BCUT2D eigenvalue weighted by atomic mass is 9.99. The van der Waals surface area contributed by atoms with Crippen LogP contribution in [0.3, 0.4) is 0 Å². The van der Waals surface area contributed by atoms with Gasteiger partial charge in [-0.2, -0.15) is 0 Å². The number of benzene rings is 2. The molecule has 4 heteroatoms. The normalized spacial score (nSPS) is 14.4. The Hall–Kier alpha value is -1.97. The smallest absolute Gasteiger partial charge is 0.160 e. The fourth-order valence-electron chi connectivity index (χ4n) is 2.43. The first-order valence-electron chi connectivity index (χ1n) is 6.11. The first-order chi connectivity index (χ1) is 9.13. The Labute approximate surface area is 109 Å². The van der Waals surface area contributed by atoms with Gasteiger partial charge in [0.15, 0.2) is 11.6 Å². The van der Waals surface area contributed by atoms with Crippen molar-refractivity contribution in [3.8, 4) is 0 Å². The molecule has 2 aromatic carbocycles. The van der Waals surface area contributed by atoms with Crippen molar-refractivity contribution in [2.45, 2.75) is 13.0 Å². The van der Waals surface area contributed by atoms with Crippen LogP contribution >= 0.6 is 0 Å². The molecular formula is C15H12F3N. The highest BCUT2D eigenvalue weighted by atomic mass is 19.2. The highest BCUT2D eigenvalue weighted by Gasteiger charge is 2.18. The van der Waals surface area contributed by atoms with Crippen LogP contribution in [0.4, 0.5) is 18.9 Å². The number of fused-ring (bicyclic) bond motifs is 1. The molecule has 0 bridgehead atoms. The standard InChI is InChI=1S/C15H12F3N/c16-12-2-1-10-5-6-19(9-11(10)7-12)13-3-4-14(17)15(18)8-13/h1-4,7-8H,5-6,9H2. The average Bonchev–Trinajstić information content (AvgIpc) is 2.41. The van der Waals surface area contributed by atoms with Crippen molar-refractivity contribution < 1.29 is 13.2 Å². The Morgan fingerprint density at radius 1 is 0.842 bits per heavy atom. The molecule has 98 valence electrons. The van der Waals surface area contributed by atoms with Crippen LogP contribution in [-0.4, -0.2) is 6.54 Å². The highest BCUT2D eigenvalue weighted by Crippen LogP contribution is 2.26. The van der Waals surface area contributed by atoms with Gasteiger partial charge in [-0.1, -0.05) is 6.07 Å². The number of hydrogen-bond donors (Lipinski definition) is 0. The number of anilines is 1. The van der Waals surface area contributed by atoms with Crippen LogP contribution in [0, 0.1) is 17.5 Å². The molecule has 0 unspecified atom stereocenters. The number of nitrogens with zero attached hydrogens (tertiary/aromatic N) is 1. The van der Waals surface area contributed by atoms with Crippen LogP contribution in [0.2, 0.25) is 0 Å². The fourth-order valence-corrected chi connectivity index (χ4v) is 2.43. The second-order valence-electron chi connectivity index (χ2n) is 4.68. The predicted molar refractivity (Wildman–Crippen MR) is 67.5 cm³/mol. The van der Waals surface area contributed by atoms with E-state index in [1.165, 1.54) is 18.2 Å². The van der Waals surface area contributed by atoms with E-state index in [2.05, 4.69) is 0 Å². The van der Waals surface area contributed by atoms with E-state index in [0.717, 1.165) is 23.6 Å². The van der Waals surface area contributed by atoms with E-state index in [1.807, 2.05) is 4.90 Å². The summed E-state index contributed by atoms with van der Waals surface area (Å²) in [6.07, 6.45) is 0.772. The van der Waals surface area contributed by atoms with Crippen LogP contribution in [-0.2, 0) is 13.0 Å². The molecule has 3 rings (SSSR count). The molecule has 0 atom stereocenters. The fraction of sp³-hybridized carbons (Fsp3) is 0.200. The highest BCUT2D eigenvalue weighted by molar-refractivity contribution is 5.50. The minimum atomic E-state index is -0.859. The Morgan fingerprint density at radius 3 is 2.47 bits per heavy atom. The third-order valence-corrected chi connectivity index (χ3v) is 3.45. The van der Waals surface area contributed by atoms with Crippen molar-refractivity contribution in [1.29, 1.82) is 0 Å². The number of hydrogen-bond acceptors (Lipinski definition) is 1. The summed E-state index contributed by atoms with van der Waals surface area (Å²) in [4.78, 5) is 1.92. The molecule has 0 radical (unpaired) electrons. The maximum Gasteiger partial charge on any atom is 0.160 e. The van der Waals surface area contributed by atoms with Gasteiger partial charge < -0.3 is 4.90 Å². The molecule has 0 saturated heterocycles. The van der Waals surface area contributed by atoms with Crippen LogP contribution in [0.5, 0.6) is 0 Å². The van der Waals surface area contributed by atoms with Gasteiger partial charge in [0.25, 0.3) is 0 Å². The molecule has 0 saturated carbocycles. The molecule has 2 aromatic rings. The van der Waals surface area contributed by atoms with E-state index < -0.39 is 11.6 Å². The van der Waals surface area contributed by atoms with E-state index in [0.29, 0.717) is 18.8 Å². The molecule has 1 aliphatic heterocycles. The SMILES string of the molecule is Fc1ccc2c(c1)CN(c1ccc(F)c(F)c1)CC2.